The molecule has 1 aliphatic carbocycles. The van der Waals surface area contributed by atoms with E-state index in [2.05, 4.69) is 29.4 Å². The second-order valence-corrected chi connectivity index (χ2v) is 4.12. The van der Waals surface area contributed by atoms with Crippen molar-refractivity contribution in [1.82, 2.24) is 15.5 Å². The molecule has 0 saturated heterocycles. The molecule has 1 saturated carbocycles. The van der Waals surface area contributed by atoms with Crippen molar-refractivity contribution in [3.05, 3.63) is 17.5 Å². The number of H-pyrrole nitrogens is 1. The van der Waals surface area contributed by atoms with Crippen LogP contribution in [0.1, 0.15) is 43.9 Å². The number of nitrogens with one attached hydrogen (secondary N) is 2. The molecule has 0 amide bonds. The molecule has 0 unspecified atom stereocenters. The van der Waals surface area contributed by atoms with E-state index in [1.165, 1.54) is 24.1 Å². The van der Waals surface area contributed by atoms with E-state index in [9.17, 15) is 0 Å². The molecule has 1 aromatic rings. The highest BCUT2D eigenvalue weighted by atomic mass is 15.1. The van der Waals surface area contributed by atoms with E-state index in [1.54, 1.807) is 0 Å². The molecule has 72 valence electrons. The first-order chi connectivity index (χ1) is 6.27. The Kier molecular flexibility index (Phi) is 2.36. The van der Waals surface area contributed by atoms with Gasteiger partial charge in [-0.2, -0.15) is 5.10 Å². The largest absolute Gasteiger partial charge is 0.310 e. The Balaban J connectivity index is 1.96. The zero-order valence-corrected chi connectivity index (χ0v) is 8.30. The van der Waals surface area contributed by atoms with Gasteiger partial charge >= 0.3 is 0 Å². The van der Waals surface area contributed by atoms with Crippen molar-refractivity contribution in [2.75, 3.05) is 0 Å². The van der Waals surface area contributed by atoms with Gasteiger partial charge < -0.3 is 5.32 Å². The van der Waals surface area contributed by atoms with E-state index < -0.39 is 0 Å². The topological polar surface area (TPSA) is 40.7 Å². The molecule has 1 aromatic heterocycles. The molecule has 0 aromatic carbocycles. The lowest BCUT2D eigenvalue weighted by Gasteiger charge is -2.06. The van der Waals surface area contributed by atoms with Crippen molar-refractivity contribution < 1.29 is 0 Å². The molecule has 3 nitrogen and oxygen atoms in total. The van der Waals surface area contributed by atoms with Gasteiger partial charge in [0.1, 0.15) is 0 Å². The van der Waals surface area contributed by atoms with Gasteiger partial charge in [-0.1, -0.05) is 13.8 Å². The standard InChI is InChI=1S/C10H17N3/c1-7(2)10-8(6-12-13-10)5-11-9-3-4-9/h6-7,9,11H,3-5H2,1-2H3,(H,12,13). The molecule has 3 heteroatoms. The molecule has 13 heavy (non-hydrogen) atoms. The highest BCUT2D eigenvalue weighted by Crippen LogP contribution is 2.21. The van der Waals surface area contributed by atoms with Crippen LogP contribution in [0.5, 0.6) is 0 Å². The van der Waals surface area contributed by atoms with Crippen LogP contribution in [0.25, 0.3) is 0 Å². The van der Waals surface area contributed by atoms with Crippen molar-refractivity contribution in [3.8, 4) is 0 Å². The third-order valence-electron chi connectivity index (χ3n) is 2.49. The first kappa shape index (κ1) is 8.75. The number of hydrogen-bond acceptors (Lipinski definition) is 2. The molecule has 0 spiro atoms. The number of rotatable bonds is 4. The number of aromatic nitrogens is 2. The highest BCUT2D eigenvalue weighted by Gasteiger charge is 2.20. The minimum atomic E-state index is 0.540. The minimum Gasteiger partial charge on any atom is -0.310 e. The predicted molar refractivity (Wildman–Crippen MR) is 52.5 cm³/mol. The Morgan fingerprint density at radius 3 is 3.00 bits per heavy atom. The fraction of sp³-hybridized carbons (Fsp3) is 0.700. The molecule has 1 fully saturated rings. The second kappa shape index (κ2) is 3.50. The lowest BCUT2D eigenvalue weighted by atomic mass is 10.1. The van der Waals surface area contributed by atoms with Crippen LogP contribution in [0.4, 0.5) is 0 Å². The summed E-state index contributed by atoms with van der Waals surface area (Å²) in [7, 11) is 0. The van der Waals surface area contributed by atoms with Crippen LogP contribution in [0.2, 0.25) is 0 Å². The first-order valence-electron chi connectivity index (χ1n) is 5.03. The summed E-state index contributed by atoms with van der Waals surface area (Å²) in [6, 6.07) is 0.773. The Morgan fingerprint density at radius 2 is 2.38 bits per heavy atom. The Morgan fingerprint density at radius 1 is 1.62 bits per heavy atom. The smallest absolute Gasteiger partial charge is 0.0535 e. The summed E-state index contributed by atoms with van der Waals surface area (Å²) < 4.78 is 0. The molecule has 1 aliphatic rings. The first-order valence-corrected chi connectivity index (χ1v) is 5.03. The summed E-state index contributed by atoms with van der Waals surface area (Å²) in [4.78, 5) is 0. The normalized spacial score (nSPS) is 16.8. The number of nitrogens with zero attached hydrogens (tertiary/aromatic N) is 1. The van der Waals surface area contributed by atoms with Gasteiger partial charge in [-0.15, -0.1) is 0 Å². The van der Waals surface area contributed by atoms with Gasteiger partial charge in [0, 0.05) is 23.8 Å². The molecule has 0 bridgehead atoms. The SMILES string of the molecule is CC(C)c1[nH]ncc1CNC1CC1. The summed E-state index contributed by atoms with van der Waals surface area (Å²) in [5, 5.41) is 10.6. The predicted octanol–water partition coefficient (Wildman–Crippen LogP) is 1.79. The van der Waals surface area contributed by atoms with Gasteiger partial charge in [-0.3, -0.25) is 5.10 Å². The molecule has 2 N–H and O–H groups in total. The van der Waals surface area contributed by atoms with E-state index in [0.29, 0.717) is 5.92 Å². The minimum absolute atomic E-state index is 0.540. The summed E-state index contributed by atoms with van der Waals surface area (Å²) in [6.07, 6.45) is 4.62. The van der Waals surface area contributed by atoms with Crippen LogP contribution < -0.4 is 5.32 Å². The van der Waals surface area contributed by atoms with E-state index in [1.807, 2.05) is 6.20 Å². The van der Waals surface area contributed by atoms with Crippen LogP contribution in [0.15, 0.2) is 6.20 Å². The summed E-state index contributed by atoms with van der Waals surface area (Å²) in [5.74, 6) is 0.540. The van der Waals surface area contributed by atoms with Gasteiger partial charge in [0.2, 0.25) is 0 Å². The van der Waals surface area contributed by atoms with Gasteiger partial charge in [-0.05, 0) is 18.8 Å². The molecular formula is C10H17N3. The zero-order valence-electron chi connectivity index (χ0n) is 8.30. The zero-order chi connectivity index (χ0) is 9.26. The maximum atomic E-state index is 4.08. The van der Waals surface area contributed by atoms with Crippen molar-refractivity contribution in [2.24, 2.45) is 0 Å². The Bertz CT molecular complexity index is 273. The average molecular weight is 179 g/mol. The van der Waals surface area contributed by atoms with Crippen molar-refractivity contribution in [1.29, 1.82) is 0 Å². The lowest BCUT2D eigenvalue weighted by Crippen LogP contribution is -2.16. The molecular weight excluding hydrogens is 162 g/mol. The molecule has 0 radical (unpaired) electrons. The van der Waals surface area contributed by atoms with Gasteiger partial charge in [-0.25, -0.2) is 0 Å². The summed E-state index contributed by atoms with van der Waals surface area (Å²) in [5.41, 5.74) is 2.59. The van der Waals surface area contributed by atoms with E-state index in [4.69, 9.17) is 0 Å². The van der Waals surface area contributed by atoms with Crippen molar-refractivity contribution in [2.45, 2.75) is 45.2 Å². The monoisotopic (exact) mass is 179 g/mol. The van der Waals surface area contributed by atoms with E-state index in [0.717, 1.165) is 12.6 Å². The maximum Gasteiger partial charge on any atom is 0.0535 e. The van der Waals surface area contributed by atoms with Crippen LogP contribution in [0, 0.1) is 0 Å². The van der Waals surface area contributed by atoms with Crippen LogP contribution >= 0.6 is 0 Å². The molecule has 1 heterocycles. The van der Waals surface area contributed by atoms with Crippen LogP contribution in [-0.2, 0) is 6.54 Å². The van der Waals surface area contributed by atoms with Crippen molar-refractivity contribution >= 4 is 0 Å². The summed E-state index contributed by atoms with van der Waals surface area (Å²) in [6.45, 7) is 5.34. The van der Waals surface area contributed by atoms with E-state index >= 15 is 0 Å². The maximum absolute atomic E-state index is 4.08. The quantitative estimate of drug-likeness (QED) is 0.739. The number of hydrogen-bond donors (Lipinski definition) is 2. The summed E-state index contributed by atoms with van der Waals surface area (Å²) >= 11 is 0. The van der Waals surface area contributed by atoms with E-state index in [-0.39, 0.29) is 0 Å². The van der Waals surface area contributed by atoms with Crippen LogP contribution in [0.3, 0.4) is 0 Å². The van der Waals surface area contributed by atoms with Gasteiger partial charge in [0.05, 0.1) is 6.20 Å². The lowest BCUT2D eigenvalue weighted by molar-refractivity contribution is 0.674. The third-order valence-corrected chi connectivity index (χ3v) is 2.49. The highest BCUT2D eigenvalue weighted by molar-refractivity contribution is 5.19. The Labute approximate surface area is 78.9 Å². The fourth-order valence-corrected chi connectivity index (χ4v) is 1.50. The Hall–Kier alpha value is -0.830. The molecule has 0 aliphatic heterocycles. The van der Waals surface area contributed by atoms with Gasteiger partial charge in [0.25, 0.3) is 0 Å². The molecule has 0 atom stereocenters. The fourth-order valence-electron chi connectivity index (χ4n) is 1.50. The average Bonchev–Trinajstić information content (AvgIpc) is 2.79. The van der Waals surface area contributed by atoms with Crippen LogP contribution in [-0.4, -0.2) is 16.2 Å². The third kappa shape index (κ3) is 2.10. The van der Waals surface area contributed by atoms with Gasteiger partial charge in [0.15, 0.2) is 0 Å². The second-order valence-electron chi connectivity index (χ2n) is 4.12. The number of aromatic amines is 1. The van der Waals surface area contributed by atoms with Crippen molar-refractivity contribution in [3.63, 3.8) is 0 Å². The molecule has 2 rings (SSSR count).